The van der Waals surface area contributed by atoms with Gasteiger partial charge in [-0.3, -0.25) is 0 Å². The highest BCUT2D eigenvalue weighted by molar-refractivity contribution is 7.91. The number of ether oxygens (including phenoxy) is 2. The van der Waals surface area contributed by atoms with Crippen LogP contribution in [0.25, 0.3) is 0 Å². The largest absolute Gasteiger partial charge is 0.453 e. The minimum absolute atomic E-state index is 0.235. The van der Waals surface area contributed by atoms with E-state index in [1.54, 1.807) is 23.5 Å². The highest BCUT2D eigenvalue weighted by Crippen LogP contribution is 2.39. The van der Waals surface area contributed by atoms with E-state index in [2.05, 4.69) is 0 Å². The molecule has 0 spiro atoms. The van der Waals surface area contributed by atoms with Crippen LogP contribution in [-0.2, 0) is 19.5 Å². The maximum absolute atomic E-state index is 12.7. The molecule has 0 bridgehead atoms. The lowest BCUT2D eigenvalue weighted by Crippen LogP contribution is -2.47. The Morgan fingerprint density at radius 1 is 1.48 bits per heavy atom. The molecule has 1 atom stereocenters. The molecule has 2 rings (SSSR count). The summed E-state index contributed by atoms with van der Waals surface area (Å²) < 4.78 is 37.0. The lowest BCUT2D eigenvalue weighted by molar-refractivity contribution is 0.0981. The van der Waals surface area contributed by atoms with E-state index < -0.39 is 16.1 Å². The summed E-state index contributed by atoms with van der Waals surface area (Å²) in [7, 11) is -0.596. The smallest absolute Gasteiger partial charge is 0.410 e. The summed E-state index contributed by atoms with van der Waals surface area (Å²) in [6, 6.07) is 1.44. The Bertz CT molecular complexity index is 643. The molecule has 1 amide bonds. The van der Waals surface area contributed by atoms with E-state index in [4.69, 9.17) is 9.47 Å². The molecule has 9 heteroatoms. The van der Waals surface area contributed by atoms with Crippen LogP contribution >= 0.6 is 11.3 Å². The third-order valence-corrected chi connectivity index (χ3v) is 7.21. The van der Waals surface area contributed by atoms with Crippen LogP contribution < -0.4 is 0 Å². The zero-order valence-corrected chi connectivity index (χ0v) is 15.2. The minimum atomic E-state index is -3.51. The Kier molecular flexibility index (Phi) is 6.01. The number of likely N-dealkylation sites (N-methyl/N-ethyl adjacent to an activating group) is 1. The van der Waals surface area contributed by atoms with Crippen LogP contribution in [0.1, 0.15) is 24.9 Å². The summed E-state index contributed by atoms with van der Waals surface area (Å²) in [5.74, 6) is 0. The number of fused-ring (bicyclic) bond motifs is 1. The zero-order valence-electron chi connectivity index (χ0n) is 13.5. The number of carbonyl (C=O) groups excluding carboxylic acids is 1. The molecule has 7 nitrogen and oxygen atoms in total. The van der Waals surface area contributed by atoms with Crippen molar-refractivity contribution in [2.45, 2.75) is 23.6 Å². The third kappa shape index (κ3) is 3.52. The molecule has 23 heavy (non-hydrogen) atoms. The average molecular weight is 362 g/mol. The van der Waals surface area contributed by atoms with Crippen molar-refractivity contribution in [3.8, 4) is 0 Å². The number of rotatable bonds is 6. The summed E-state index contributed by atoms with van der Waals surface area (Å²) in [6.07, 6.45) is 0.152. The molecule has 0 aliphatic carbocycles. The lowest BCUT2D eigenvalue weighted by atomic mass is 10.1. The van der Waals surface area contributed by atoms with E-state index in [1.165, 1.54) is 22.8 Å². The fourth-order valence-electron chi connectivity index (χ4n) is 2.73. The first-order chi connectivity index (χ1) is 11.0. The summed E-state index contributed by atoms with van der Waals surface area (Å²) >= 11 is 1.19. The van der Waals surface area contributed by atoms with Gasteiger partial charge in [0.1, 0.15) is 4.21 Å². The second kappa shape index (κ2) is 7.61. The van der Waals surface area contributed by atoms with Crippen LogP contribution in [0.15, 0.2) is 15.7 Å². The fourth-order valence-corrected chi connectivity index (χ4v) is 5.82. The summed E-state index contributed by atoms with van der Waals surface area (Å²) in [5.41, 5.74) is 0.672. The van der Waals surface area contributed by atoms with Gasteiger partial charge in [-0.2, -0.15) is 4.31 Å². The highest BCUT2D eigenvalue weighted by Gasteiger charge is 2.41. The van der Waals surface area contributed by atoms with Crippen molar-refractivity contribution in [2.75, 3.05) is 40.5 Å². The van der Waals surface area contributed by atoms with Gasteiger partial charge < -0.3 is 14.4 Å². The van der Waals surface area contributed by atoms with Crippen molar-refractivity contribution in [1.29, 1.82) is 0 Å². The fraction of sp³-hybridized carbons (Fsp3) is 0.643. The number of methoxy groups -OCH3 is 2. The number of thiophene rings is 1. The maximum Gasteiger partial charge on any atom is 0.410 e. The van der Waals surface area contributed by atoms with Gasteiger partial charge in [0.05, 0.1) is 13.2 Å². The third-order valence-electron chi connectivity index (χ3n) is 3.85. The molecule has 1 aliphatic heterocycles. The van der Waals surface area contributed by atoms with Crippen LogP contribution in [0.5, 0.6) is 0 Å². The van der Waals surface area contributed by atoms with E-state index in [9.17, 15) is 13.2 Å². The van der Waals surface area contributed by atoms with Crippen LogP contribution in [-0.4, -0.2) is 64.2 Å². The first kappa shape index (κ1) is 18.2. The lowest BCUT2D eigenvalue weighted by Gasteiger charge is -2.37. The Morgan fingerprint density at radius 3 is 2.83 bits per heavy atom. The molecule has 0 saturated carbocycles. The molecule has 0 radical (unpaired) electrons. The molecule has 0 saturated heterocycles. The molecule has 0 aromatic carbocycles. The summed E-state index contributed by atoms with van der Waals surface area (Å²) in [4.78, 5) is 13.6. The molecule has 1 aromatic heterocycles. The van der Waals surface area contributed by atoms with Crippen LogP contribution in [0.3, 0.4) is 0 Å². The van der Waals surface area contributed by atoms with Crippen molar-refractivity contribution in [2.24, 2.45) is 0 Å². The molecule has 0 N–H and O–H groups in total. The average Bonchev–Trinajstić information content (AvgIpc) is 3.02. The van der Waals surface area contributed by atoms with E-state index in [0.29, 0.717) is 35.9 Å². The molecule has 0 unspecified atom stereocenters. The van der Waals surface area contributed by atoms with E-state index in [1.807, 2.05) is 6.92 Å². The van der Waals surface area contributed by atoms with Crippen LogP contribution in [0.4, 0.5) is 4.79 Å². The number of nitrogens with zero attached hydrogens (tertiary/aromatic N) is 2. The van der Waals surface area contributed by atoms with Crippen molar-refractivity contribution in [1.82, 2.24) is 9.21 Å². The summed E-state index contributed by atoms with van der Waals surface area (Å²) in [5, 5.41) is 1.75. The number of amides is 1. The molecular formula is C14H22N2O5S2. The van der Waals surface area contributed by atoms with Crippen molar-refractivity contribution in [3.63, 3.8) is 0 Å². The maximum atomic E-state index is 12.7. The molecule has 2 heterocycles. The minimum Gasteiger partial charge on any atom is -0.453 e. The van der Waals surface area contributed by atoms with Gasteiger partial charge in [0.2, 0.25) is 0 Å². The van der Waals surface area contributed by atoms with Crippen LogP contribution in [0, 0.1) is 0 Å². The van der Waals surface area contributed by atoms with E-state index in [-0.39, 0.29) is 12.6 Å². The topological polar surface area (TPSA) is 76.2 Å². The normalized spacial score (nSPS) is 20.0. The summed E-state index contributed by atoms with van der Waals surface area (Å²) in [6.45, 7) is 3.38. The van der Waals surface area contributed by atoms with Crippen LogP contribution in [0.2, 0.25) is 0 Å². The monoisotopic (exact) mass is 362 g/mol. The predicted octanol–water partition coefficient (Wildman–Crippen LogP) is 1.92. The Morgan fingerprint density at radius 2 is 2.22 bits per heavy atom. The van der Waals surface area contributed by atoms with Gasteiger partial charge >= 0.3 is 6.09 Å². The van der Waals surface area contributed by atoms with E-state index in [0.717, 1.165) is 0 Å². The van der Waals surface area contributed by atoms with Gasteiger partial charge in [-0.15, -0.1) is 11.3 Å². The van der Waals surface area contributed by atoms with Gasteiger partial charge in [0.15, 0.2) is 0 Å². The Balaban J connectivity index is 2.36. The first-order valence-electron chi connectivity index (χ1n) is 7.38. The van der Waals surface area contributed by atoms with E-state index >= 15 is 0 Å². The Hall–Kier alpha value is -1.16. The molecule has 130 valence electrons. The quantitative estimate of drug-likeness (QED) is 0.723. The second-order valence-corrected chi connectivity index (χ2v) is 8.19. The van der Waals surface area contributed by atoms with Crippen molar-refractivity contribution >= 4 is 27.5 Å². The van der Waals surface area contributed by atoms with Crippen molar-refractivity contribution in [3.05, 3.63) is 17.0 Å². The highest BCUT2D eigenvalue weighted by atomic mass is 32.2. The Labute approximate surface area is 140 Å². The predicted molar refractivity (Wildman–Crippen MR) is 87.1 cm³/mol. The molecule has 0 fully saturated rings. The number of sulfonamides is 1. The van der Waals surface area contributed by atoms with Gasteiger partial charge in [-0.25, -0.2) is 13.2 Å². The number of carbonyl (C=O) groups is 1. The molecule has 1 aliphatic rings. The van der Waals surface area contributed by atoms with Gasteiger partial charge in [0.25, 0.3) is 10.0 Å². The van der Waals surface area contributed by atoms with Crippen molar-refractivity contribution < 1.29 is 22.7 Å². The standard InChI is InChI=1S/C14H22N2O5S2/c1-4-16(14(17)21-3)12-10-15(7-5-8-20-2)23(18,19)13-11(12)6-9-22-13/h6,9,12H,4-5,7-8,10H2,1-3H3/t12-/m0/s1. The molecular weight excluding hydrogens is 340 g/mol. The van der Waals surface area contributed by atoms with Gasteiger partial charge in [-0.05, 0) is 24.8 Å². The second-order valence-electron chi connectivity index (χ2n) is 5.14. The SMILES string of the molecule is CCN(C(=O)OC)[C@H]1CN(CCCOC)S(=O)(=O)c2sccc21. The number of hydrogen-bond donors (Lipinski definition) is 0. The molecule has 1 aromatic rings. The first-order valence-corrected chi connectivity index (χ1v) is 9.70. The van der Waals surface area contributed by atoms with Gasteiger partial charge in [-0.1, -0.05) is 0 Å². The van der Waals surface area contributed by atoms with Gasteiger partial charge in [0, 0.05) is 38.9 Å². The zero-order chi connectivity index (χ0) is 17.0. The number of hydrogen-bond acceptors (Lipinski definition) is 6.